The molecule has 2 aromatic carbocycles. The van der Waals surface area contributed by atoms with Crippen LogP contribution in [0.3, 0.4) is 0 Å². The molecule has 0 saturated carbocycles. The topological polar surface area (TPSA) is 52.5 Å². The monoisotopic (exact) mass is 341 g/mol. The predicted octanol–water partition coefficient (Wildman–Crippen LogP) is 4.77. The Balaban J connectivity index is 2.19. The van der Waals surface area contributed by atoms with Gasteiger partial charge in [-0.15, -0.1) is 0 Å². The molecular weight excluding hydrogens is 329 g/mol. The third-order valence-corrected chi connectivity index (χ3v) is 4.34. The number of aromatic nitrogens is 2. The van der Waals surface area contributed by atoms with E-state index in [-0.39, 0.29) is 0 Å². The lowest BCUT2D eigenvalue weighted by atomic mass is 9.72. The van der Waals surface area contributed by atoms with E-state index in [2.05, 4.69) is 16.0 Å². The molecule has 1 N–H and O–H groups in total. The normalized spacial score (nSPS) is 13.3. The Bertz CT molecular complexity index is 835. The van der Waals surface area contributed by atoms with E-state index in [1.54, 1.807) is 30.7 Å². The first-order valence-electron chi connectivity index (χ1n) is 7.05. The molecule has 1 heterocycles. The molecule has 1 unspecified atom stereocenters. The number of hydrogen-bond acceptors (Lipinski definition) is 2. The molecule has 5 heteroatoms. The van der Waals surface area contributed by atoms with Gasteiger partial charge in [-0.25, -0.2) is 4.98 Å². The van der Waals surface area contributed by atoms with Crippen LogP contribution in [0.25, 0.3) is 0 Å². The largest absolute Gasteiger partial charge is 0.348 e. The number of halogens is 2. The summed E-state index contributed by atoms with van der Waals surface area (Å²) in [5, 5.41) is 11.3. The SMILES string of the molecule is N#CC(Cc1cnc[nH]1)(c1ccc(Cl)cc1)c1cccc(Cl)c1. The molecule has 0 amide bonds. The number of nitrogens with one attached hydrogen (secondary N) is 1. The Morgan fingerprint density at radius 3 is 2.43 bits per heavy atom. The Hall–Kier alpha value is -2.28. The van der Waals surface area contributed by atoms with Crippen LogP contribution >= 0.6 is 23.2 Å². The molecule has 114 valence electrons. The zero-order chi connectivity index (χ0) is 16.3. The van der Waals surface area contributed by atoms with E-state index >= 15 is 0 Å². The second-order valence-electron chi connectivity index (χ2n) is 5.29. The average Bonchev–Trinajstić information content (AvgIpc) is 3.06. The van der Waals surface area contributed by atoms with Crippen molar-refractivity contribution >= 4 is 23.2 Å². The smallest absolute Gasteiger partial charge is 0.113 e. The highest BCUT2D eigenvalue weighted by atomic mass is 35.5. The van der Waals surface area contributed by atoms with Crippen LogP contribution in [-0.2, 0) is 11.8 Å². The molecule has 1 aromatic heterocycles. The van der Waals surface area contributed by atoms with Gasteiger partial charge in [-0.2, -0.15) is 5.26 Å². The summed E-state index contributed by atoms with van der Waals surface area (Å²) in [6, 6.07) is 17.2. The first kappa shape index (κ1) is 15.6. The van der Waals surface area contributed by atoms with Crippen LogP contribution < -0.4 is 0 Å². The van der Waals surface area contributed by atoms with Gasteiger partial charge >= 0.3 is 0 Å². The van der Waals surface area contributed by atoms with Crippen molar-refractivity contribution in [2.24, 2.45) is 0 Å². The van der Waals surface area contributed by atoms with Crippen molar-refractivity contribution in [1.29, 1.82) is 5.26 Å². The predicted molar refractivity (Wildman–Crippen MR) is 91.6 cm³/mol. The van der Waals surface area contributed by atoms with Gasteiger partial charge in [0.25, 0.3) is 0 Å². The maximum atomic E-state index is 10.1. The van der Waals surface area contributed by atoms with E-state index in [9.17, 15) is 5.26 Å². The van der Waals surface area contributed by atoms with Crippen LogP contribution in [0.15, 0.2) is 61.1 Å². The van der Waals surface area contributed by atoms with Gasteiger partial charge in [-0.3, -0.25) is 0 Å². The van der Waals surface area contributed by atoms with Gasteiger partial charge in [0.15, 0.2) is 0 Å². The summed E-state index contributed by atoms with van der Waals surface area (Å²) in [7, 11) is 0. The molecule has 23 heavy (non-hydrogen) atoms. The third kappa shape index (κ3) is 3.10. The van der Waals surface area contributed by atoms with Crippen molar-refractivity contribution in [3.8, 4) is 6.07 Å². The molecule has 3 rings (SSSR count). The molecule has 3 nitrogen and oxygen atoms in total. The molecule has 0 bridgehead atoms. The van der Waals surface area contributed by atoms with E-state index in [0.717, 1.165) is 16.8 Å². The Labute approximate surface area is 144 Å². The summed E-state index contributed by atoms with van der Waals surface area (Å²) in [5.74, 6) is 0. The molecule has 1 atom stereocenters. The average molecular weight is 342 g/mol. The van der Waals surface area contributed by atoms with Gasteiger partial charge in [-0.1, -0.05) is 47.5 Å². The van der Waals surface area contributed by atoms with Crippen LogP contribution in [-0.4, -0.2) is 9.97 Å². The van der Waals surface area contributed by atoms with Crippen molar-refractivity contribution in [2.45, 2.75) is 11.8 Å². The highest BCUT2D eigenvalue weighted by molar-refractivity contribution is 6.30. The molecule has 0 aliphatic heterocycles. The summed E-state index contributed by atoms with van der Waals surface area (Å²) in [5.41, 5.74) is 1.70. The fourth-order valence-electron chi connectivity index (χ4n) is 2.69. The number of benzene rings is 2. The minimum atomic E-state index is -0.873. The zero-order valence-electron chi connectivity index (χ0n) is 12.1. The van der Waals surface area contributed by atoms with Crippen LogP contribution in [0.2, 0.25) is 10.0 Å². The second-order valence-corrected chi connectivity index (χ2v) is 6.16. The molecule has 0 saturated heterocycles. The molecule has 0 spiro atoms. The van der Waals surface area contributed by atoms with E-state index in [4.69, 9.17) is 23.2 Å². The molecule has 3 aromatic rings. The Morgan fingerprint density at radius 2 is 1.83 bits per heavy atom. The molecule has 0 fully saturated rings. The third-order valence-electron chi connectivity index (χ3n) is 3.86. The number of hydrogen-bond donors (Lipinski definition) is 1. The number of nitrogens with zero attached hydrogens (tertiary/aromatic N) is 2. The second kappa shape index (κ2) is 6.45. The van der Waals surface area contributed by atoms with Gasteiger partial charge in [0.1, 0.15) is 5.41 Å². The van der Waals surface area contributed by atoms with Crippen LogP contribution in [0.4, 0.5) is 0 Å². The molecule has 0 radical (unpaired) electrons. The quantitative estimate of drug-likeness (QED) is 0.743. The van der Waals surface area contributed by atoms with Gasteiger partial charge in [0.2, 0.25) is 0 Å². The van der Waals surface area contributed by atoms with E-state index < -0.39 is 5.41 Å². The summed E-state index contributed by atoms with van der Waals surface area (Å²) in [6.45, 7) is 0. The maximum Gasteiger partial charge on any atom is 0.113 e. The first-order valence-corrected chi connectivity index (χ1v) is 7.80. The fraction of sp³-hybridized carbons (Fsp3) is 0.111. The van der Waals surface area contributed by atoms with E-state index in [0.29, 0.717) is 16.5 Å². The number of H-pyrrole nitrogens is 1. The Kier molecular flexibility index (Phi) is 4.38. The van der Waals surface area contributed by atoms with Crippen molar-refractivity contribution in [3.63, 3.8) is 0 Å². The number of imidazole rings is 1. The summed E-state index contributed by atoms with van der Waals surface area (Å²) < 4.78 is 0. The minimum Gasteiger partial charge on any atom is -0.348 e. The van der Waals surface area contributed by atoms with Gasteiger partial charge in [0, 0.05) is 28.4 Å². The Morgan fingerprint density at radius 1 is 1.04 bits per heavy atom. The van der Waals surface area contributed by atoms with Crippen molar-refractivity contribution in [1.82, 2.24) is 9.97 Å². The fourth-order valence-corrected chi connectivity index (χ4v) is 3.01. The molecule has 0 aliphatic rings. The number of rotatable bonds is 4. The van der Waals surface area contributed by atoms with Crippen LogP contribution in [0, 0.1) is 11.3 Å². The maximum absolute atomic E-state index is 10.1. The van der Waals surface area contributed by atoms with Crippen molar-refractivity contribution in [2.75, 3.05) is 0 Å². The summed E-state index contributed by atoms with van der Waals surface area (Å²) in [4.78, 5) is 7.12. The van der Waals surface area contributed by atoms with Gasteiger partial charge < -0.3 is 4.98 Å². The van der Waals surface area contributed by atoms with E-state index in [1.165, 1.54) is 0 Å². The lowest BCUT2D eigenvalue weighted by molar-refractivity contribution is 0.643. The summed E-state index contributed by atoms with van der Waals surface area (Å²) in [6.07, 6.45) is 3.80. The van der Waals surface area contributed by atoms with Gasteiger partial charge in [0.05, 0.1) is 12.4 Å². The standard InChI is InChI=1S/C18H13Cl2N3/c19-15-6-4-13(5-7-15)18(11-21,9-17-10-22-12-23-17)14-2-1-3-16(20)8-14/h1-8,10,12H,9H2,(H,22,23). The highest BCUT2D eigenvalue weighted by Gasteiger charge is 2.35. The minimum absolute atomic E-state index is 0.464. The van der Waals surface area contributed by atoms with Crippen molar-refractivity contribution in [3.05, 3.63) is 87.9 Å². The zero-order valence-corrected chi connectivity index (χ0v) is 13.6. The van der Waals surface area contributed by atoms with E-state index in [1.807, 2.05) is 30.3 Å². The first-order chi connectivity index (χ1) is 11.1. The lowest BCUT2D eigenvalue weighted by Crippen LogP contribution is -2.29. The lowest BCUT2D eigenvalue weighted by Gasteiger charge is -2.27. The number of nitriles is 1. The summed E-state index contributed by atoms with van der Waals surface area (Å²) >= 11 is 12.2. The number of aromatic amines is 1. The highest BCUT2D eigenvalue weighted by Crippen LogP contribution is 2.36. The van der Waals surface area contributed by atoms with Crippen LogP contribution in [0.1, 0.15) is 16.8 Å². The molecular formula is C18H13Cl2N3. The van der Waals surface area contributed by atoms with Gasteiger partial charge in [-0.05, 0) is 35.4 Å². The van der Waals surface area contributed by atoms with Crippen LogP contribution in [0.5, 0.6) is 0 Å². The van der Waals surface area contributed by atoms with Crippen molar-refractivity contribution < 1.29 is 0 Å². The molecule has 0 aliphatic carbocycles.